The molecule has 0 aliphatic carbocycles. The summed E-state index contributed by atoms with van der Waals surface area (Å²) >= 11 is 11.4. The van der Waals surface area contributed by atoms with Crippen molar-refractivity contribution in [3.05, 3.63) is 16.4 Å². The molecule has 1 heterocycles. The first kappa shape index (κ1) is 13.5. The molecule has 1 rings (SSSR count). The maximum atomic E-state index is 11.1. The lowest BCUT2D eigenvalue weighted by Crippen LogP contribution is -2.25. The van der Waals surface area contributed by atoms with E-state index in [1.165, 1.54) is 12.3 Å². The molecule has 0 radical (unpaired) electrons. The Hall–Kier alpha value is -0.590. The summed E-state index contributed by atoms with van der Waals surface area (Å²) < 4.78 is 22.1. The van der Waals surface area contributed by atoms with Crippen molar-refractivity contribution in [3.63, 3.8) is 0 Å². The summed E-state index contributed by atoms with van der Waals surface area (Å²) in [5.74, 6) is 0.00324. The van der Waals surface area contributed by atoms with Crippen LogP contribution in [0.25, 0.3) is 0 Å². The van der Waals surface area contributed by atoms with E-state index in [1.54, 1.807) is 6.92 Å². The van der Waals surface area contributed by atoms with Crippen LogP contribution < -0.4 is 5.32 Å². The summed E-state index contributed by atoms with van der Waals surface area (Å²) in [4.78, 5) is 0. The Morgan fingerprint density at radius 3 is 2.62 bits per heavy atom. The lowest BCUT2D eigenvalue weighted by atomic mass is 10.3. The van der Waals surface area contributed by atoms with Crippen molar-refractivity contribution in [2.24, 2.45) is 0 Å². The lowest BCUT2D eigenvalue weighted by Gasteiger charge is -2.14. The van der Waals surface area contributed by atoms with Crippen molar-refractivity contribution in [2.75, 3.05) is 17.3 Å². The van der Waals surface area contributed by atoms with Gasteiger partial charge in [-0.05, 0) is 6.92 Å². The predicted octanol–water partition coefficient (Wildman–Crippen LogP) is 1.63. The minimum atomic E-state index is -3.04. The van der Waals surface area contributed by atoms with Gasteiger partial charge in [-0.25, -0.2) is 8.42 Å². The van der Waals surface area contributed by atoms with Crippen LogP contribution in [0, 0.1) is 0 Å². The molecule has 0 bridgehead atoms. The highest BCUT2D eigenvalue weighted by Crippen LogP contribution is 2.21. The molecule has 0 amide bonds. The molecule has 16 heavy (non-hydrogen) atoms. The van der Waals surface area contributed by atoms with Gasteiger partial charge in [-0.2, -0.15) is 0 Å². The van der Waals surface area contributed by atoms with Crippen LogP contribution in [0.4, 0.5) is 5.69 Å². The Kier molecular flexibility index (Phi) is 4.35. The number of sulfone groups is 1. The van der Waals surface area contributed by atoms with Gasteiger partial charge in [-0.15, -0.1) is 10.2 Å². The zero-order chi connectivity index (χ0) is 12.3. The smallest absolute Gasteiger partial charge is 0.174 e. The maximum Gasteiger partial charge on any atom is 0.174 e. The number of aromatic nitrogens is 2. The number of nitrogens with zero attached hydrogens (tertiary/aromatic N) is 2. The molecule has 0 saturated heterocycles. The number of hydrogen-bond acceptors (Lipinski definition) is 5. The molecule has 90 valence electrons. The second-order valence-electron chi connectivity index (χ2n) is 3.51. The quantitative estimate of drug-likeness (QED) is 0.909. The van der Waals surface area contributed by atoms with Gasteiger partial charge in [0, 0.05) is 18.4 Å². The summed E-state index contributed by atoms with van der Waals surface area (Å²) in [6, 6.07) is 1.21. The molecule has 0 fully saturated rings. The summed E-state index contributed by atoms with van der Waals surface area (Å²) in [7, 11) is -3.04. The second-order valence-corrected chi connectivity index (χ2v) is 6.44. The SMILES string of the molecule is CC(CS(C)(=O)=O)Nc1cc(Cl)nnc1Cl. The molecule has 1 N–H and O–H groups in total. The van der Waals surface area contributed by atoms with Crippen LogP contribution in [0.5, 0.6) is 0 Å². The zero-order valence-electron chi connectivity index (χ0n) is 8.74. The Labute approximate surface area is 104 Å². The van der Waals surface area contributed by atoms with Crippen LogP contribution in [-0.4, -0.2) is 36.7 Å². The van der Waals surface area contributed by atoms with Gasteiger partial charge in [-0.3, -0.25) is 0 Å². The fourth-order valence-corrected chi connectivity index (χ4v) is 2.50. The fraction of sp³-hybridized carbons (Fsp3) is 0.500. The minimum absolute atomic E-state index is 0.00324. The summed E-state index contributed by atoms with van der Waals surface area (Å²) in [5.41, 5.74) is 0.470. The number of rotatable bonds is 4. The van der Waals surface area contributed by atoms with Crippen molar-refractivity contribution < 1.29 is 8.42 Å². The molecule has 1 unspecified atom stereocenters. The van der Waals surface area contributed by atoms with Crippen LogP contribution in [0.3, 0.4) is 0 Å². The monoisotopic (exact) mass is 283 g/mol. The molecule has 1 atom stereocenters. The largest absolute Gasteiger partial charge is 0.379 e. The van der Waals surface area contributed by atoms with Crippen LogP contribution in [0.2, 0.25) is 10.3 Å². The van der Waals surface area contributed by atoms with E-state index in [9.17, 15) is 8.42 Å². The summed E-state index contributed by atoms with van der Waals surface area (Å²) in [5, 5.41) is 10.4. The summed E-state index contributed by atoms with van der Waals surface area (Å²) in [6.07, 6.45) is 1.17. The van der Waals surface area contributed by atoms with Gasteiger partial charge >= 0.3 is 0 Å². The van der Waals surface area contributed by atoms with E-state index in [-0.39, 0.29) is 22.1 Å². The van der Waals surface area contributed by atoms with Gasteiger partial charge in [0.1, 0.15) is 9.84 Å². The molecule has 8 heteroatoms. The first-order valence-electron chi connectivity index (χ1n) is 4.41. The highest BCUT2D eigenvalue weighted by Gasteiger charge is 2.12. The first-order chi connectivity index (χ1) is 7.28. The highest BCUT2D eigenvalue weighted by atomic mass is 35.5. The second kappa shape index (κ2) is 5.16. The number of hydrogen-bond donors (Lipinski definition) is 1. The Morgan fingerprint density at radius 2 is 2.06 bits per heavy atom. The van der Waals surface area contributed by atoms with Gasteiger partial charge in [0.15, 0.2) is 10.3 Å². The molecule has 1 aromatic heterocycles. The van der Waals surface area contributed by atoms with E-state index in [4.69, 9.17) is 23.2 Å². The molecule has 0 saturated carbocycles. The van der Waals surface area contributed by atoms with Crippen molar-refractivity contribution >= 4 is 38.7 Å². The van der Waals surface area contributed by atoms with E-state index in [0.29, 0.717) is 5.69 Å². The molecular formula is C8H11Cl2N3O2S. The fourth-order valence-electron chi connectivity index (χ4n) is 1.22. The van der Waals surface area contributed by atoms with Gasteiger partial charge in [-0.1, -0.05) is 23.2 Å². The van der Waals surface area contributed by atoms with Gasteiger partial charge in [0.2, 0.25) is 0 Å². The molecule has 0 aliphatic heterocycles. The Morgan fingerprint density at radius 1 is 1.44 bits per heavy atom. The Bertz CT molecular complexity index is 478. The normalized spacial score (nSPS) is 13.5. The van der Waals surface area contributed by atoms with E-state index in [2.05, 4.69) is 15.5 Å². The molecule has 0 aromatic carbocycles. The minimum Gasteiger partial charge on any atom is -0.379 e. The number of anilines is 1. The topological polar surface area (TPSA) is 72.0 Å². The van der Waals surface area contributed by atoms with Crippen LogP contribution in [0.15, 0.2) is 6.07 Å². The van der Waals surface area contributed by atoms with E-state index in [0.717, 1.165) is 0 Å². The molecule has 0 aliphatic rings. The lowest BCUT2D eigenvalue weighted by molar-refractivity contribution is 0.598. The van der Waals surface area contributed by atoms with Crippen molar-refractivity contribution in [3.8, 4) is 0 Å². The third-order valence-corrected chi connectivity index (χ3v) is 3.24. The van der Waals surface area contributed by atoms with Gasteiger partial charge < -0.3 is 5.32 Å². The predicted molar refractivity (Wildman–Crippen MR) is 64.8 cm³/mol. The van der Waals surface area contributed by atoms with Crippen molar-refractivity contribution in [1.82, 2.24) is 10.2 Å². The molecule has 1 aromatic rings. The average molecular weight is 284 g/mol. The standard InChI is InChI=1S/C8H11Cl2N3O2S/c1-5(4-16(2,14)15)11-6-3-7(9)12-13-8(6)10/h3,5H,4H2,1-2H3,(H,11,12). The van der Waals surface area contributed by atoms with Gasteiger partial charge in [0.25, 0.3) is 0 Å². The van der Waals surface area contributed by atoms with Crippen LogP contribution in [0.1, 0.15) is 6.92 Å². The third-order valence-electron chi connectivity index (χ3n) is 1.67. The van der Waals surface area contributed by atoms with Gasteiger partial charge in [0.05, 0.1) is 11.4 Å². The molecule has 0 spiro atoms. The van der Waals surface area contributed by atoms with E-state index in [1.807, 2.05) is 0 Å². The Balaban J connectivity index is 2.77. The maximum absolute atomic E-state index is 11.1. The first-order valence-corrected chi connectivity index (χ1v) is 7.22. The third kappa shape index (κ3) is 4.51. The van der Waals surface area contributed by atoms with E-state index < -0.39 is 9.84 Å². The average Bonchev–Trinajstić information content (AvgIpc) is 2.08. The number of halogens is 2. The van der Waals surface area contributed by atoms with Crippen molar-refractivity contribution in [2.45, 2.75) is 13.0 Å². The summed E-state index contributed by atoms with van der Waals surface area (Å²) in [6.45, 7) is 1.73. The highest BCUT2D eigenvalue weighted by molar-refractivity contribution is 7.90. The van der Waals surface area contributed by atoms with Crippen molar-refractivity contribution in [1.29, 1.82) is 0 Å². The van der Waals surface area contributed by atoms with E-state index >= 15 is 0 Å². The van der Waals surface area contributed by atoms with Crippen LogP contribution >= 0.6 is 23.2 Å². The molecule has 5 nitrogen and oxygen atoms in total. The van der Waals surface area contributed by atoms with Crippen LogP contribution in [-0.2, 0) is 9.84 Å². The number of nitrogens with one attached hydrogen (secondary N) is 1. The zero-order valence-corrected chi connectivity index (χ0v) is 11.1. The molecular weight excluding hydrogens is 273 g/mol.